The molecule has 0 saturated carbocycles. The number of aromatic nitrogens is 1. The van der Waals surface area contributed by atoms with E-state index < -0.39 is 0 Å². The molecule has 0 aliphatic heterocycles. The lowest BCUT2D eigenvalue weighted by atomic mass is 10.1. The molecule has 0 saturated heterocycles. The molecule has 0 aliphatic carbocycles. The third-order valence-corrected chi connectivity index (χ3v) is 3.79. The molecule has 2 aromatic carbocycles. The van der Waals surface area contributed by atoms with E-state index in [0.29, 0.717) is 0 Å². The molecule has 3 rings (SSSR count). The highest BCUT2D eigenvalue weighted by Crippen LogP contribution is 2.25. The molecular weight excluding hydrogens is 274 g/mol. The van der Waals surface area contributed by atoms with Crippen molar-refractivity contribution in [2.45, 2.75) is 13.8 Å². The summed E-state index contributed by atoms with van der Waals surface area (Å²) in [6.45, 7) is 3.99. The highest BCUT2D eigenvalue weighted by Gasteiger charge is 2.10. The summed E-state index contributed by atoms with van der Waals surface area (Å²) in [6.07, 6.45) is 1.92. The van der Waals surface area contributed by atoms with Crippen LogP contribution in [0.1, 0.15) is 11.1 Å². The van der Waals surface area contributed by atoms with Crippen molar-refractivity contribution in [2.24, 2.45) is 7.05 Å². The Labute approximate surface area is 129 Å². The van der Waals surface area contributed by atoms with E-state index in [4.69, 9.17) is 0 Å². The van der Waals surface area contributed by atoms with E-state index in [2.05, 4.69) is 10.6 Å². The van der Waals surface area contributed by atoms with Gasteiger partial charge in [0.05, 0.1) is 5.69 Å². The Morgan fingerprint density at radius 3 is 2.55 bits per heavy atom. The van der Waals surface area contributed by atoms with Crippen LogP contribution < -0.4 is 10.6 Å². The van der Waals surface area contributed by atoms with Crippen molar-refractivity contribution in [1.82, 2.24) is 4.57 Å². The Bertz CT molecular complexity index is 849. The first-order valence-electron chi connectivity index (χ1n) is 7.24. The van der Waals surface area contributed by atoms with Gasteiger partial charge in [-0.1, -0.05) is 30.3 Å². The van der Waals surface area contributed by atoms with Crippen LogP contribution in [0.5, 0.6) is 0 Å². The largest absolute Gasteiger partial charge is 0.348 e. The lowest BCUT2D eigenvalue weighted by Gasteiger charge is -2.10. The molecule has 1 heterocycles. The van der Waals surface area contributed by atoms with E-state index >= 15 is 0 Å². The van der Waals surface area contributed by atoms with Crippen LogP contribution in [0.4, 0.5) is 16.2 Å². The normalized spacial score (nSPS) is 10.7. The highest BCUT2D eigenvalue weighted by molar-refractivity contribution is 6.06. The Morgan fingerprint density at radius 1 is 1.00 bits per heavy atom. The Hall–Kier alpha value is -2.75. The molecule has 1 aromatic heterocycles. The van der Waals surface area contributed by atoms with Crippen LogP contribution in [-0.4, -0.2) is 10.6 Å². The number of benzene rings is 2. The number of nitrogens with one attached hydrogen (secondary N) is 2. The van der Waals surface area contributed by atoms with Crippen molar-refractivity contribution in [1.29, 1.82) is 0 Å². The molecule has 3 aromatic rings. The summed E-state index contributed by atoms with van der Waals surface area (Å²) in [5, 5.41) is 6.87. The number of hydrogen-bond acceptors (Lipinski definition) is 1. The number of nitrogens with zero attached hydrogens (tertiary/aromatic N) is 1. The van der Waals surface area contributed by atoms with Crippen molar-refractivity contribution >= 4 is 28.3 Å². The quantitative estimate of drug-likeness (QED) is 0.721. The van der Waals surface area contributed by atoms with Crippen molar-refractivity contribution in [3.05, 3.63) is 59.8 Å². The number of amides is 2. The molecule has 4 nitrogen and oxygen atoms in total. The number of carbonyl (C=O) groups is 1. The van der Waals surface area contributed by atoms with Gasteiger partial charge in [-0.2, -0.15) is 0 Å². The Morgan fingerprint density at radius 2 is 1.73 bits per heavy atom. The maximum Gasteiger partial charge on any atom is 0.323 e. The molecule has 0 atom stereocenters. The first kappa shape index (κ1) is 14.2. The first-order chi connectivity index (χ1) is 10.5. The third-order valence-electron chi connectivity index (χ3n) is 3.79. The van der Waals surface area contributed by atoms with E-state index in [9.17, 15) is 4.79 Å². The molecule has 0 spiro atoms. The predicted octanol–water partition coefficient (Wildman–Crippen LogP) is 4.44. The number of aryl methyl sites for hydroxylation is 3. The predicted molar refractivity (Wildman–Crippen MR) is 91.5 cm³/mol. The highest BCUT2D eigenvalue weighted by atomic mass is 16.2. The molecule has 0 unspecified atom stereocenters. The molecule has 2 N–H and O–H groups in total. The summed E-state index contributed by atoms with van der Waals surface area (Å²) in [6, 6.07) is 13.8. The van der Waals surface area contributed by atoms with Gasteiger partial charge in [-0.15, -0.1) is 0 Å². The van der Waals surface area contributed by atoms with Gasteiger partial charge < -0.3 is 15.2 Å². The van der Waals surface area contributed by atoms with Crippen LogP contribution in [0.3, 0.4) is 0 Å². The number of carbonyl (C=O) groups excluding carboxylic acids is 1. The summed E-state index contributed by atoms with van der Waals surface area (Å²) < 4.78 is 2.00. The number of urea groups is 1. The molecule has 4 heteroatoms. The van der Waals surface area contributed by atoms with Gasteiger partial charge in [0.1, 0.15) is 0 Å². The molecule has 2 amide bonds. The van der Waals surface area contributed by atoms with Crippen LogP contribution in [-0.2, 0) is 7.05 Å². The van der Waals surface area contributed by atoms with E-state index in [0.717, 1.165) is 33.4 Å². The number of anilines is 2. The number of para-hydroxylation sites is 1. The molecule has 0 bridgehead atoms. The number of rotatable bonds is 2. The van der Waals surface area contributed by atoms with Gasteiger partial charge in [-0.3, -0.25) is 0 Å². The molecule has 0 aliphatic rings. The van der Waals surface area contributed by atoms with Crippen LogP contribution >= 0.6 is 0 Å². The van der Waals surface area contributed by atoms with Gasteiger partial charge in [-0.05, 0) is 37.1 Å². The summed E-state index contributed by atoms with van der Waals surface area (Å²) in [7, 11) is 1.97. The first-order valence-corrected chi connectivity index (χ1v) is 7.24. The third kappa shape index (κ3) is 2.68. The average Bonchev–Trinajstić information content (AvgIpc) is 2.80. The standard InChI is InChI=1S/C18H19N3O/c1-12-8-9-13(2)15(10-12)19-18(22)20-16-11-21(3)17-7-5-4-6-14(16)17/h4-11H,1-3H3,(H2,19,20,22). The Kier molecular flexibility index (Phi) is 3.59. The van der Waals surface area contributed by atoms with E-state index in [1.807, 2.05) is 74.1 Å². The second kappa shape index (κ2) is 5.56. The number of hydrogen-bond donors (Lipinski definition) is 2. The molecule has 22 heavy (non-hydrogen) atoms. The topological polar surface area (TPSA) is 46.1 Å². The minimum Gasteiger partial charge on any atom is -0.348 e. The van der Waals surface area contributed by atoms with Crippen LogP contribution in [0.25, 0.3) is 10.9 Å². The van der Waals surface area contributed by atoms with Crippen LogP contribution in [0, 0.1) is 13.8 Å². The van der Waals surface area contributed by atoms with Crippen molar-refractivity contribution in [2.75, 3.05) is 10.6 Å². The second-order valence-corrected chi connectivity index (χ2v) is 5.57. The van der Waals surface area contributed by atoms with E-state index in [-0.39, 0.29) is 6.03 Å². The summed E-state index contributed by atoms with van der Waals surface area (Å²) >= 11 is 0. The van der Waals surface area contributed by atoms with Gasteiger partial charge in [0.15, 0.2) is 0 Å². The zero-order valence-electron chi connectivity index (χ0n) is 13.0. The maximum absolute atomic E-state index is 12.3. The minimum atomic E-state index is -0.231. The monoisotopic (exact) mass is 293 g/mol. The zero-order chi connectivity index (χ0) is 15.7. The fourth-order valence-corrected chi connectivity index (χ4v) is 2.59. The minimum absolute atomic E-state index is 0.231. The van der Waals surface area contributed by atoms with E-state index in [1.54, 1.807) is 0 Å². The van der Waals surface area contributed by atoms with Gasteiger partial charge in [0.25, 0.3) is 0 Å². The van der Waals surface area contributed by atoms with Gasteiger partial charge >= 0.3 is 6.03 Å². The van der Waals surface area contributed by atoms with Crippen molar-refractivity contribution < 1.29 is 4.79 Å². The van der Waals surface area contributed by atoms with Gasteiger partial charge in [-0.25, -0.2) is 4.79 Å². The smallest absolute Gasteiger partial charge is 0.323 e. The fourth-order valence-electron chi connectivity index (χ4n) is 2.59. The molecule has 0 fully saturated rings. The maximum atomic E-state index is 12.3. The van der Waals surface area contributed by atoms with E-state index in [1.165, 1.54) is 0 Å². The summed E-state index contributed by atoms with van der Waals surface area (Å²) in [4.78, 5) is 12.3. The van der Waals surface area contributed by atoms with Crippen molar-refractivity contribution in [3.63, 3.8) is 0 Å². The van der Waals surface area contributed by atoms with Crippen molar-refractivity contribution in [3.8, 4) is 0 Å². The second-order valence-electron chi connectivity index (χ2n) is 5.57. The van der Waals surface area contributed by atoms with Crippen LogP contribution in [0.2, 0.25) is 0 Å². The Balaban J connectivity index is 1.83. The summed E-state index contributed by atoms with van der Waals surface area (Å²) in [5.41, 5.74) is 4.88. The molecular formula is C18H19N3O. The number of fused-ring (bicyclic) bond motifs is 1. The molecule has 0 radical (unpaired) electrons. The van der Waals surface area contributed by atoms with Crippen LogP contribution in [0.15, 0.2) is 48.7 Å². The average molecular weight is 293 g/mol. The SMILES string of the molecule is Cc1ccc(C)c(NC(=O)Nc2cn(C)c3ccccc23)c1. The van der Waals surface area contributed by atoms with Gasteiger partial charge in [0, 0.05) is 29.8 Å². The molecule has 112 valence electrons. The fraction of sp³-hybridized carbons (Fsp3) is 0.167. The zero-order valence-corrected chi connectivity index (χ0v) is 13.0. The lowest BCUT2D eigenvalue weighted by Crippen LogP contribution is -2.19. The van der Waals surface area contributed by atoms with Gasteiger partial charge in [0.2, 0.25) is 0 Å². The summed E-state index contributed by atoms with van der Waals surface area (Å²) in [5.74, 6) is 0. The lowest BCUT2D eigenvalue weighted by molar-refractivity contribution is 0.262.